The molecule has 0 unspecified atom stereocenters. The number of hydrogen-bond acceptors (Lipinski definition) is 0. The summed E-state index contributed by atoms with van der Waals surface area (Å²) in [6, 6.07) is 8.97. The Morgan fingerprint density at radius 1 is 0.667 bits per heavy atom. The molecule has 0 spiro atoms. The van der Waals surface area contributed by atoms with E-state index in [0.717, 1.165) is 0 Å². The zero-order valence-electron chi connectivity index (χ0n) is 10.3. The van der Waals surface area contributed by atoms with Crippen molar-refractivity contribution in [3.8, 4) is 0 Å². The molecule has 0 N–H and O–H groups in total. The van der Waals surface area contributed by atoms with Gasteiger partial charge in [-0.3, -0.25) is 0 Å². The Labute approximate surface area is 94.7 Å². The van der Waals surface area contributed by atoms with Crippen LogP contribution >= 0.6 is 0 Å². The predicted molar refractivity (Wildman–Crippen MR) is 68.3 cm³/mol. The molecule has 0 nitrogen and oxygen atoms in total. The van der Waals surface area contributed by atoms with Gasteiger partial charge in [0, 0.05) is 0 Å². The SMILES string of the molecule is CC.c1ccc2c(c1)CCCCCCC2. The molecule has 0 bridgehead atoms. The van der Waals surface area contributed by atoms with Gasteiger partial charge in [-0.15, -0.1) is 0 Å². The van der Waals surface area contributed by atoms with Gasteiger partial charge in [-0.05, 0) is 36.8 Å². The molecule has 0 saturated heterocycles. The highest BCUT2D eigenvalue weighted by molar-refractivity contribution is 5.27. The fourth-order valence-electron chi connectivity index (χ4n) is 2.21. The van der Waals surface area contributed by atoms with E-state index in [9.17, 15) is 0 Å². The van der Waals surface area contributed by atoms with E-state index < -0.39 is 0 Å². The molecule has 0 amide bonds. The van der Waals surface area contributed by atoms with Crippen molar-refractivity contribution in [3.05, 3.63) is 35.4 Å². The van der Waals surface area contributed by atoms with E-state index in [1.165, 1.54) is 44.9 Å². The Hall–Kier alpha value is -0.780. The number of rotatable bonds is 0. The number of aryl methyl sites for hydroxylation is 2. The Bertz CT molecular complexity index is 235. The zero-order chi connectivity index (χ0) is 10.9. The van der Waals surface area contributed by atoms with Crippen LogP contribution in [0.4, 0.5) is 0 Å². The van der Waals surface area contributed by atoms with E-state index in [-0.39, 0.29) is 0 Å². The van der Waals surface area contributed by atoms with Gasteiger partial charge in [0.1, 0.15) is 0 Å². The summed E-state index contributed by atoms with van der Waals surface area (Å²) in [7, 11) is 0. The highest BCUT2D eigenvalue weighted by Crippen LogP contribution is 2.19. The van der Waals surface area contributed by atoms with Crippen LogP contribution in [-0.4, -0.2) is 0 Å². The maximum Gasteiger partial charge on any atom is -0.0276 e. The van der Waals surface area contributed by atoms with Gasteiger partial charge in [-0.1, -0.05) is 57.4 Å². The van der Waals surface area contributed by atoms with Crippen LogP contribution in [0.25, 0.3) is 0 Å². The lowest BCUT2D eigenvalue weighted by Gasteiger charge is -2.06. The fourth-order valence-corrected chi connectivity index (χ4v) is 2.21. The van der Waals surface area contributed by atoms with Crippen molar-refractivity contribution in [2.24, 2.45) is 0 Å². The molecular formula is C15H24. The molecule has 2 rings (SSSR count). The summed E-state index contributed by atoms with van der Waals surface area (Å²) in [6.07, 6.45) is 9.66. The van der Waals surface area contributed by atoms with Gasteiger partial charge in [-0.25, -0.2) is 0 Å². The lowest BCUT2D eigenvalue weighted by molar-refractivity contribution is 0.629. The first-order valence-electron chi connectivity index (χ1n) is 6.53. The minimum Gasteiger partial charge on any atom is -0.0683 e. The highest BCUT2D eigenvalue weighted by Gasteiger charge is 2.04. The second kappa shape index (κ2) is 7.50. The third kappa shape index (κ3) is 4.07. The number of fused-ring (bicyclic) bond motifs is 1. The van der Waals surface area contributed by atoms with E-state index in [1.807, 2.05) is 13.8 Å². The van der Waals surface area contributed by atoms with Crippen molar-refractivity contribution >= 4 is 0 Å². The van der Waals surface area contributed by atoms with Gasteiger partial charge < -0.3 is 0 Å². The van der Waals surface area contributed by atoms with Crippen molar-refractivity contribution in [1.29, 1.82) is 0 Å². The van der Waals surface area contributed by atoms with Crippen LogP contribution in [0.3, 0.4) is 0 Å². The van der Waals surface area contributed by atoms with Gasteiger partial charge in [0.15, 0.2) is 0 Å². The normalized spacial score (nSPS) is 16.1. The Morgan fingerprint density at radius 3 is 1.53 bits per heavy atom. The van der Waals surface area contributed by atoms with Crippen molar-refractivity contribution in [2.75, 3.05) is 0 Å². The lowest BCUT2D eigenvalue weighted by Crippen LogP contribution is -1.92. The highest BCUT2D eigenvalue weighted by atomic mass is 14.1. The smallest absolute Gasteiger partial charge is 0.0276 e. The quantitative estimate of drug-likeness (QED) is 0.571. The summed E-state index contributed by atoms with van der Waals surface area (Å²) in [5.74, 6) is 0. The van der Waals surface area contributed by atoms with Crippen molar-refractivity contribution in [2.45, 2.75) is 58.8 Å². The molecule has 0 aromatic heterocycles. The first kappa shape index (κ1) is 12.3. The minimum atomic E-state index is 1.30. The molecule has 0 atom stereocenters. The summed E-state index contributed by atoms with van der Waals surface area (Å²) in [5.41, 5.74) is 3.20. The molecule has 0 fully saturated rings. The summed E-state index contributed by atoms with van der Waals surface area (Å²) in [5, 5.41) is 0. The Morgan fingerprint density at radius 2 is 1.07 bits per heavy atom. The minimum absolute atomic E-state index is 1.30. The van der Waals surface area contributed by atoms with Crippen LogP contribution in [0.2, 0.25) is 0 Å². The Kier molecular flexibility index (Phi) is 6.15. The molecule has 1 aliphatic carbocycles. The molecule has 1 aromatic rings. The van der Waals surface area contributed by atoms with Crippen molar-refractivity contribution in [1.82, 2.24) is 0 Å². The molecule has 84 valence electrons. The molecular weight excluding hydrogens is 180 g/mol. The number of hydrogen-bond donors (Lipinski definition) is 0. The zero-order valence-corrected chi connectivity index (χ0v) is 10.3. The molecule has 0 heteroatoms. The standard InChI is InChI=1S/C13H18.C2H6/c1-2-4-8-12-10-6-7-11-13(12)9-5-3-1;1-2/h6-7,10-11H,1-5,8-9H2;1-2H3. The summed E-state index contributed by atoms with van der Waals surface area (Å²) < 4.78 is 0. The first-order valence-corrected chi connectivity index (χ1v) is 6.53. The van der Waals surface area contributed by atoms with Crippen molar-refractivity contribution in [3.63, 3.8) is 0 Å². The van der Waals surface area contributed by atoms with E-state index in [0.29, 0.717) is 0 Å². The van der Waals surface area contributed by atoms with Gasteiger partial charge in [0.2, 0.25) is 0 Å². The second-order valence-electron chi connectivity index (χ2n) is 4.04. The molecule has 15 heavy (non-hydrogen) atoms. The van der Waals surface area contributed by atoms with E-state index in [4.69, 9.17) is 0 Å². The summed E-state index contributed by atoms with van der Waals surface area (Å²) in [6.45, 7) is 4.00. The van der Waals surface area contributed by atoms with Crippen LogP contribution < -0.4 is 0 Å². The van der Waals surface area contributed by atoms with Crippen LogP contribution in [-0.2, 0) is 12.8 Å². The fraction of sp³-hybridized carbons (Fsp3) is 0.600. The summed E-state index contributed by atoms with van der Waals surface area (Å²) >= 11 is 0. The van der Waals surface area contributed by atoms with Crippen LogP contribution in [0, 0.1) is 0 Å². The Balaban J connectivity index is 0.000000531. The summed E-state index contributed by atoms with van der Waals surface area (Å²) in [4.78, 5) is 0. The molecule has 1 aliphatic rings. The van der Waals surface area contributed by atoms with Crippen LogP contribution in [0.15, 0.2) is 24.3 Å². The van der Waals surface area contributed by atoms with Gasteiger partial charge in [0.25, 0.3) is 0 Å². The monoisotopic (exact) mass is 204 g/mol. The van der Waals surface area contributed by atoms with Gasteiger partial charge in [0.05, 0.1) is 0 Å². The van der Waals surface area contributed by atoms with Crippen LogP contribution in [0.1, 0.15) is 57.1 Å². The maximum atomic E-state index is 2.31. The van der Waals surface area contributed by atoms with Gasteiger partial charge in [-0.2, -0.15) is 0 Å². The average molecular weight is 204 g/mol. The van der Waals surface area contributed by atoms with Crippen LogP contribution in [0.5, 0.6) is 0 Å². The third-order valence-electron chi connectivity index (χ3n) is 3.01. The largest absolute Gasteiger partial charge is 0.0683 e. The predicted octanol–water partition coefficient (Wildman–Crippen LogP) is 4.76. The van der Waals surface area contributed by atoms with E-state index >= 15 is 0 Å². The maximum absolute atomic E-state index is 2.31. The lowest BCUT2D eigenvalue weighted by atomic mass is 10.00. The topological polar surface area (TPSA) is 0 Å². The first-order chi connectivity index (χ1) is 7.47. The molecule has 0 aliphatic heterocycles. The van der Waals surface area contributed by atoms with E-state index in [1.54, 1.807) is 11.1 Å². The average Bonchev–Trinajstić information content (AvgIpc) is 2.43. The number of benzene rings is 1. The van der Waals surface area contributed by atoms with Crippen molar-refractivity contribution < 1.29 is 0 Å². The third-order valence-corrected chi connectivity index (χ3v) is 3.01. The molecule has 1 aromatic carbocycles. The molecule has 0 radical (unpaired) electrons. The van der Waals surface area contributed by atoms with E-state index in [2.05, 4.69) is 24.3 Å². The molecule has 0 heterocycles. The van der Waals surface area contributed by atoms with Gasteiger partial charge >= 0.3 is 0 Å². The molecule has 0 saturated carbocycles. The second-order valence-corrected chi connectivity index (χ2v) is 4.04.